The van der Waals surface area contributed by atoms with E-state index in [1.165, 1.54) is 23.4 Å². The normalized spacial score (nSPS) is 12.3. The van der Waals surface area contributed by atoms with Crippen LogP contribution in [0.1, 0.15) is 37.3 Å². The third-order valence-corrected chi connectivity index (χ3v) is 7.09. The number of rotatable bonds is 6. The summed E-state index contributed by atoms with van der Waals surface area (Å²) in [6.07, 6.45) is 1.03. The van der Waals surface area contributed by atoms with Gasteiger partial charge in [0.25, 0.3) is 5.56 Å². The van der Waals surface area contributed by atoms with E-state index in [-0.39, 0.29) is 17.1 Å². The molecule has 0 spiro atoms. The highest BCUT2D eigenvalue weighted by molar-refractivity contribution is 7.98. The largest absolute Gasteiger partial charge is 0.268 e. The lowest BCUT2D eigenvalue weighted by Crippen LogP contribution is -2.21. The van der Waals surface area contributed by atoms with Crippen molar-refractivity contribution >= 4 is 45.9 Å². The van der Waals surface area contributed by atoms with Crippen molar-refractivity contribution in [3.8, 4) is 5.69 Å². The van der Waals surface area contributed by atoms with Crippen molar-refractivity contribution in [3.63, 3.8) is 0 Å². The summed E-state index contributed by atoms with van der Waals surface area (Å²) in [6, 6.07) is 17.5. The first kappa shape index (κ1) is 22.8. The maximum atomic E-state index is 14.3. The molecule has 3 nitrogen and oxygen atoms in total. The summed E-state index contributed by atoms with van der Waals surface area (Å²) in [5, 5.41) is 1.75. The van der Waals surface area contributed by atoms with Crippen molar-refractivity contribution in [1.82, 2.24) is 9.55 Å². The van der Waals surface area contributed by atoms with Gasteiger partial charge in [-0.15, -0.1) is 0 Å². The van der Waals surface area contributed by atoms with Crippen LogP contribution >= 0.6 is 35.0 Å². The topological polar surface area (TPSA) is 34.9 Å². The molecule has 0 aliphatic rings. The molecular formula is C25H21Cl2FN2OS. The van der Waals surface area contributed by atoms with Crippen LogP contribution in [0.3, 0.4) is 0 Å². The van der Waals surface area contributed by atoms with Crippen LogP contribution in [-0.2, 0) is 5.75 Å². The maximum absolute atomic E-state index is 14.3. The number of nitrogens with zero attached hydrogens (tertiary/aromatic N) is 2. The molecule has 32 heavy (non-hydrogen) atoms. The molecule has 0 saturated carbocycles. The van der Waals surface area contributed by atoms with E-state index in [0.29, 0.717) is 43.3 Å². The highest BCUT2D eigenvalue weighted by Crippen LogP contribution is 2.30. The molecule has 0 aliphatic carbocycles. The van der Waals surface area contributed by atoms with Gasteiger partial charge < -0.3 is 0 Å². The lowest BCUT2D eigenvalue weighted by Gasteiger charge is -2.15. The summed E-state index contributed by atoms with van der Waals surface area (Å²) in [5.41, 5.74) is 2.58. The Morgan fingerprint density at radius 3 is 2.53 bits per heavy atom. The number of hydrogen-bond donors (Lipinski definition) is 0. The standard InChI is InChI=1S/C25H21Cl2FN2OS/c1-3-15(2)16-7-10-18(11-8-16)30-24(31)19-12-9-17(26)13-23(19)29-25(30)32-14-20-21(27)5-4-6-22(20)28/h4-13,15H,3,14H2,1-2H3. The number of aromatic nitrogens is 2. The first-order chi connectivity index (χ1) is 15.4. The van der Waals surface area contributed by atoms with Gasteiger partial charge in [0, 0.05) is 21.4 Å². The number of benzene rings is 3. The molecule has 164 valence electrons. The highest BCUT2D eigenvalue weighted by atomic mass is 35.5. The van der Waals surface area contributed by atoms with Crippen molar-refractivity contribution in [2.45, 2.75) is 37.1 Å². The number of thioether (sulfide) groups is 1. The molecule has 1 aromatic heterocycles. The summed E-state index contributed by atoms with van der Waals surface area (Å²) >= 11 is 13.6. The second-order valence-electron chi connectivity index (χ2n) is 7.59. The average molecular weight is 487 g/mol. The predicted molar refractivity (Wildman–Crippen MR) is 132 cm³/mol. The van der Waals surface area contributed by atoms with Crippen LogP contribution in [0, 0.1) is 5.82 Å². The quantitative estimate of drug-likeness (QED) is 0.207. The number of halogens is 3. The molecule has 0 amide bonds. The molecule has 1 atom stereocenters. The molecule has 4 aromatic rings. The van der Waals surface area contributed by atoms with Gasteiger partial charge in [-0.3, -0.25) is 9.36 Å². The molecule has 1 heterocycles. The van der Waals surface area contributed by atoms with Crippen molar-refractivity contribution in [1.29, 1.82) is 0 Å². The number of hydrogen-bond acceptors (Lipinski definition) is 3. The smallest absolute Gasteiger partial charge is 0.266 e. The van der Waals surface area contributed by atoms with Gasteiger partial charge >= 0.3 is 0 Å². The molecule has 3 aromatic carbocycles. The van der Waals surface area contributed by atoms with Crippen LogP contribution in [-0.4, -0.2) is 9.55 Å². The van der Waals surface area contributed by atoms with Gasteiger partial charge in [0.2, 0.25) is 0 Å². The molecule has 0 bridgehead atoms. The second kappa shape index (κ2) is 9.65. The predicted octanol–water partition coefficient (Wildman–Crippen LogP) is 7.64. The van der Waals surface area contributed by atoms with E-state index >= 15 is 0 Å². The molecular weight excluding hydrogens is 466 g/mol. The lowest BCUT2D eigenvalue weighted by atomic mass is 9.98. The fourth-order valence-electron chi connectivity index (χ4n) is 3.46. The first-order valence-electron chi connectivity index (χ1n) is 10.3. The fraction of sp³-hybridized carbons (Fsp3) is 0.200. The molecule has 1 unspecified atom stereocenters. The van der Waals surface area contributed by atoms with Crippen molar-refractivity contribution < 1.29 is 4.39 Å². The van der Waals surface area contributed by atoms with E-state index in [1.807, 2.05) is 24.3 Å². The van der Waals surface area contributed by atoms with Crippen LogP contribution in [0.2, 0.25) is 10.0 Å². The van der Waals surface area contributed by atoms with Crippen LogP contribution < -0.4 is 5.56 Å². The maximum Gasteiger partial charge on any atom is 0.266 e. The van der Waals surface area contributed by atoms with E-state index in [4.69, 9.17) is 28.2 Å². The molecule has 7 heteroatoms. The molecule has 0 fully saturated rings. The summed E-state index contributed by atoms with van der Waals surface area (Å²) < 4.78 is 15.9. The fourth-order valence-corrected chi connectivity index (χ4v) is 4.98. The summed E-state index contributed by atoms with van der Waals surface area (Å²) in [5.74, 6) is 0.268. The van der Waals surface area contributed by atoms with Gasteiger partial charge in [-0.2, -0.15) is 0 Å². The van der Waals surface area contributed by atoms with Crippen molar-refractivity contribution in [2.75, 3.05) is 0 Å². The van der Waals surface area contributed by atoms with Crippen molar-refractivity contribution in [3.05, 3.63) is 98.0 Å². The summed E-state index contributed by atoms with van der Waals surface area (Å²) in [7, 11) is 0. The number of fused-ring (bicyclic) bond motifs is 1. The van der Waals surface area contributed by atoms with Crippen LogP contribution in [0.15, 0.2) is 70.6 Å². The van der Waals surface area contributed by atoms with E-state index in [0.717, 1.165) is 6.42 Å². The highest BCUT2D eigenvalue weighted by Gasteiger charge is 2.16. The van der Waals surface area contributed by atoms with Crippen LogP contribution in [0.5, 0.6) is 0 Å². The first-order valence-corrected chi connectivity index (χ1v) is 12.0. The Kier molecular flexibility index (Phi) is 6.89. The molecule has 0 N–H and O–H groups in total. The van der Waals surface area contributed by atoms with E-state index in [2.05, 4.69) is 13.8 Å². The molecule has 0 aliphatic heterocycles. The Labute approximate surface area is 200 Å². The van der Waals surface area contributed by atoms with Gasteiger partial charge in [-0.1, -0.05) is 67.0 Å². The summed E-state index contributed by atoms with van der Waals surface area (Å²) in [6.45, 7) is 4.31. The molecule has 0 radical (unpaired) electrons. The van der Waals surface area contributed by atoms with E-state index in [9.17, 15) is 9.18 Å². The zero-order valence-electron chi connectivity index (χ0n) is 17.6. The third-order valence-electron chi connectivity index (χ3n) is 5.54. The van der Waals surface area contributed by atoms with Crippen molar-refractivity contribution in [2.24, 2.45) is 0 Å². The Morgan fingerprint density at radius 1 is 1.09 bits per heavy atom. The van der Waals surface area contributed by atoms with Gasteiger partial charge in [0.05, 0.1) is 16.6 Å². The molecule has 4 rings (SSSR count). The van der Waals surface area contributed by atoms with Gasteiger partial charge in [0.1, 0.15) is 5.82 Å². The summed E-state index contributed by atoms with van der Waals surface area (Å²) in [4.78, 5) is 18.1. The zero-order valence-corrected chi connectivity index (χ0v) is 19.9. The third kappa shape index (κ3) is 4.56. The van der Waals surface area contributed by atoms with Crippen LogP contribution in [0.4, 0.5) is 4.39 Å². The minimum Gasteiger partial charge on any atom is -0.268 e. The Balaban J connectivity index is 1.83. The lowest BCUT2D eigenvalue weighted by molar-refractivity contribution is 0.617. The second-order valence-corrected chi connectivity index (χ2v) is 9.37. The van der Waals surface area contributed by atoms with E-state index in [1.54, 1.807) is 34.9 Å². The van der Waals surface area contributed by atoms with Gasteiger partial charge in [-0.25, -0.2) is 9.37 Å². The van der Waals surface area contributed by atoms with E-state index < -0.39 is 0 Å². The SMILES string of the molecule is CCC(C)c1ccc(-n2c(SCc3c(F)cccc3Cl)nc3cc(Cl)ccc3c2=O)cc1. The Bertz CT molecular complexity index is 1320. The van der Waals surface area contributed by atoms with Gasteiger partial charge in [0.15, 0.2) is 5.16 Å². The minimum absolute atomic E-state index is 0.204. The zero-order chi connectivity index (χ0) is 22.8. The van der Waals surface area contributed by atoms with Crippen LogP contribution in [0.25, 0.3) is 16.6 Å². The Hall–Kier alpha value is -2.34. The average Bonchev–Trinajstić information content (AvgIpc) is 2.78. The monoisotopic (exact) mass is 486 g/mol. The minimum atomic E-state index is -0.388. The molecule has 0 saturated heterocycles. The van der Waals surface area contributed by atoms with Gasteiger partial charge in [-0.05, 0) is 60.4 Å². The Morgan fingerprint density at radius 2 is 1.84 bits per heavy atom.